The molecule has 6 heteroatoms. The van der Waals surface area contributed by atoms with Crippen molar-refractivity contribution in [2.75, 3.05) is 33.2 Å². The number of hydrogen-bond donors (Lipinski definition) is 3. The number of hydrogen-bond acceptors (Lipinski definition) is 4. The quantitative estimate of drug-likeness (QED) is 0.689. The number of benzene rings is 1. The van der Waals surface area contributed by atoms with Gasteiger partial charge in [-0.2, -0.15) is 0 Å². The van der Waals surface area contributed by atoms with Crippen LogP contribution in [0.1, 0.15) is 16.8 Å². The Kier molecular flexibility index (Phi) is 4.93. The molecule has 1 unspecified atom stereocenters. The lowest BCUT2D eigenvalue weighted by Gasteiger charge is -2.28. The van der Waals surface area contributed by atoms with Gasteiger partial charge in [0.1, 0.15) is 0 Å². The summed E-state index contributed by atoms with van der Waals surface area (Å²) < 4.78 is 0. The Morgan fingerprint density at radius 3 is 2.71 bits per heavy atom. The third kappa shape index (κ3) is 4.27. The third-order valence-electron chi connectivity index (χ3n) is 3.61. The maximum atomic E-state index is 12.0. The van der Waals surface area contributed by atoms with E-state index in [2.05, 4.69) is 10.6 Å². The zero-order chi connectivity index (χ0) is 15.3. The molecule has 1 aliphatic rings. The highest BCUT2D eigenvalue weighted by Crippen LogP contribution is 2.15. The normalized spacial score (nSPS) is 21.0. The minimum Gasteiger partial charge on any atom is -0.387 e. The molecule has 0 radical (unpaired) electrons. The van der Waals surface area contributed by atoms with Crippen LogP contribution < -0.4 is 10.6 Å². The van der Waals surface area contributed by atoms with E-state index in [-0.39, 0.29) is 24.9 Å². The SMILES string of the molecule is CN(CC1(O)CCNC1)C(=O)CNC(=O)c1ccccc1. The summed E-state index contributed by atoms with van der Waals surface area (Å²) in [4.78, 5) is 25.3. The average Bonchev–Trinajstić information content (AvgIpc) is 2.91. The fourth-order valence-electron chi connectivity index (χ4n) is 2.38. The molecule has 0 aliphatic carbocycles. The van der Waals surface area contributed by atoms with Gasteiger partial charge in [0.2, 0.25) is 5.91 Å². The summed E-state index contributed by atoms with van der Waals surface area (Å²) in [6.45, 7) is 1.43. The molecule has 2 rings (SSSR count). The monoisotopic (exact) mass is 291 g/mol. The van der Waals surface area contributed by atoms with Crippen molar-refractivity contribution in [3.63, 3.8) is 0 Å². The molecule has 0 spiro atoms. The topological polar surface area (TPSA) is 81.7 Å². The van der Waals surface area contributed by atoms with Crippen LogP contribution in [-0.2, 0) is 4.79 Å². The second kappa shape index (κ2) is 6.69. The lowest BCUT2D eigenvalue weighted by Crippen LogP contribution is -2.47. The van der Waals surface area contributed by atoms with E-state index in [9.17, 15) is 14.7 Å². The van der Waals surface area contributed by atoms with Crippen molar-refractivity contribution in [1.82, 2.24) is 15.5 Å². The molecular formula is C15H21N3O3. The lowest BCUT2D eigenvalue weighted by molar-refractivity contribution is -0.131. The maximum absolute atomic E-state index is 12.0. The molecule has 0 bridgehead atoms. The predicted octanol–water partition coefficient (Wildman–Crippen LogP) is -0.401. The van der Waals surface area contributed by atoms with Gasteiger partial charge in [0.15, 0.2) is 0 Å². The molecule has 21 heavy (non-hydrogen) atoms. The number of carbonyl (C=O) groups excluding carboxylic acids is 2. The summed E-state index contributed by atoms with van der Waals surface area (Å²) in [5.74, 6) is -0.502. The van der Waals surface area contributed by atoms with Crippen LogP contribution in [0.5, 0.6) is 0 Å². The van der Waals surface area contributed by atoms with Crippen LogP contribution in [0.2, 0.25) is 0 Å². The van der Waals surface area contributed by atoms with Crippen LogP contribution in [0.4, 0.5) is 0 Å². The minimum absolute atomic E-state index is 0.0757. The van der Waals surface area contributed by atoms with Crippen LogP contribution >= 0.6 is 0 Å². The number of β-amino-alcohol motifs (C(OH)–C–C–N with tert-alkyl or cyclic N) is 1. The molecular weight excluding hydrogens is 270 g/mol. The van der Waals surface area contributed by atoms with Gasteiger partial charge in [-0.05, 0) is 25.1 Å². The number of nitrogens with zero attached hydrogens (tertiary/aromatic N) is 1. The minimum atomic E-state index is -0.867. The van der Waals surface area contributed by atoms with E-state index < -0.39 is 5.60 Å². The molecule has 0 saturated carbocycles. The molecule has 1 heterocycles. The van der Waals surface area contributed by atoms with Crippen LogP contribution in [-0.4, -0.2) is 60.6 Å². The molecule has 1 saturated heterocycles. The van der Waals surface area contributed by atoms with E-state index >= 15 is 0 Å². The fourth-order valence-corrected chi connectivity index (χ4v) is 2.38. The Labute approximate surface area is 124 Å². The molecule has 2 amide bonds. The summed E-state index contributed by atoms with van der Waals surface area (Å²) in [6, 6.07) is 8.75. The van der Waals surface area contributed by atoms with Gasteiger partial charge in [0.05, 0.1) is 18.7 Å². The summed E-state index contributed by atoms with van der Waals surface area (Å²) in [5.41, 5.74) is -0.347. The number of aliphatic hydroxyl groups is 1. The van der Waals surface area contributed by atoms with Crippen LogP contribution in [0.15, 0.2) is 30.3 Å². The van der Waals surface area contributed by atoms with E-state index in [1.807, 2.05) is 6.07 Å². The van der Waals surface area contributed by atoms with E-state index in [4.69, 9.17) is 0 Å². The number of likely N-dealkylation sites (N-methyl/N-ethyl adjacent to an activating group) is 1. The molecule has 1 fully saturated rings. The summed E-state index contributed by atoms with van der Waals surface area (Å²) in [7, 11) is 1.63. The smallest absolute Gasteiger partial charge is 0.251 e. The van der Waals surface area contributed by atoms with Crippen molar-refractivity contribution >= 4 is 11.8 Å². The first-order valence-electron chi connectivity index (χ1n) is 7.00. The Hall–Kier alpha value is -1.92. The first-order chi connectivity index (χ1) is 10.0. The van der Waals surface area contributed by atoms with Gasteiger partial charge in [-0.1, -0.05) is 18.2 Å². The average molecular weight is 291 g/mol. The van der Waals surface area contributed by atoms with Crippen LogP contribution in [0.25, 0.3) is 0 Å². The van der Waals surface area contributed by atoms with E-state index in [1.54, 1.807) is 31.3 Å². The largest absolute Gasteiger partial charge is 0.387 e. The number of carbonyl (C=O) groups is 2. The van der Waals surface area contributed by atoms with E-state index in [1.165, 1.54) is 4.90 Å². The Balaban J connectivity index is 1.80. The summed E-state index contributed by atoms with van der Waals surface area (Å²) in [6.07, 6.45) is 0.626. The van der Waals surface area contributed by atoms with Crippen molar-refractivity contribution in [3.8, 4) is 0 Å². The fraction of sp³-hybridized carbons (Fsp3) is 0.467. The van der Waals surface area contributed by atoms with Gasteiger partial charge < -0.3 is 20.6 Å². The number of nitrogens with one attached hydrogen (secondary N) is 2. The van der Waals surface area contributed by atoms with Gasteiger partial charge in [-0.25, -0.2) is 0 Å². The van der Waals surface area contributed by atoms with Gasteiger partial charge >= 0.3 is 0 Å². The van der Waals surface area contributed by atoms with E-state index in [0.29, 0.717) is 18.5 Å². The standard InChI is InChI=1S/C15H21N3O3/c1-18(11-15(21)7-8-16-10-15)13(19)9-17-14(20)12-5-3-2-4-6-12/h2-6,16,21H,7-11H2,1H3,(H,17,20). The van der Waals surface area contributed by atoms with Gasteiger partial charge in [-0.3, -0.25) is 9.59 Å². The maximum Gasteiger partial charge on any atom is 0.251 e. The highest BCUT2D eigenvalue weighted by atomic mass is 16.3. The third-order valence-corrected chi connectivity index (χ3v) is 3.61. The number of rotatable bonds is 5. The van der Waals surface area contributed by atoms with Gasteiger partial charge in [-0.15, -0.1) is 0 Å². The molecule has 114 valence electrons. The highest BCUT2D eigenvalue weighted by Gasteiger charge is 2.33. The molecule has 6 nitrogen and oxygen atoms in total. The van der Waals surface area contributed by atoms with Crippen LogP contribution in [0.3, 0.4) is 0 Å². The number of amides is 2. The Morgan fingerprint density at radius 1 is 1.38 bits per heavy atom. The lowest BCUT2D eigenvalue weighted by atomic mass is 10.0. The van der Waals surface area contributed by atoms with Crippen molar-refractivity contribution in [3.05, 3.63) is 35.9 Å². The van der Waals surface area contributed by atoms with Crippen LogP contribution in [0, 0.1) is 0 Å². The summed E-state index contributed by atoms with van der Waals surface area (Å²) in [5, 5.41) is 15.9. The first-order valence-corrected chi connectivity index (χ1v) is 7.00. The zero-order valence-corrected chi connectivity index (χ0v) is 12.1. The molecule has 1 aromatic rings. The zero-order valence-electron chi connectivity index (χ0n) is 12.1. The molecule has 1 atom stereocenters. The van der Waals surface area contributed by atoms with Crippen molar-refractivity contribution < 1.29 is 14.7 Å². The molecule has 1 aromatic carbocycles. The summed E-state index contributed by atoms with van der Waals surface area (Å²) >= 11 is 0. The van der Waals surface area contributed by atoms with E-state index in [0.717, 1.165) is 6.54 Å². The van der Waals surface area contributed by atoms with Crippen molar-refractivity contribution in [2.45, 2.75) is 12.0 Å². The van der Waals surface area contributed by atoms with Gasteiger partial charge in [0.25, 0.3) is 5.91 Å². The second-order valence-electron chi connectivity index (χ2n) is 5.45. The predicted molar refractivity (Wildman–Crippen MR) is 78.8 cm³/mol. The molecule has 0 aromatic heterocycles. The Morgan fingerprint density at radius 2 is 2.10 bits per heavy atom. The van der Waals surface area contributed by atoms with Crippen molar-refractivity contribution in [1.29, 1.82) is 0 Å². The van der Waals surface area contributed by atoms with Gasteiger partial charge in [0, 0.05) is 19.2 Å². The second-order valence-corrected chi connectivity index (χ2v) is 5.45. The van der Waals surface area contributed by atoms with Crippen molar-refractivity contribution in [2.24, 2.45) is 0 Å². The Bertz CT molecular complexity index is 498. The first kappa shape index (κ1) is 15.5. The highest BCUT2D eigenvalue weighted by molar-refractivity contribution is 5.96. The molecule has 3 N–H and O–H groups in total. The molecule has 1 aliphatic heterocycles.